The third-order valence-electron chi connectivity index (χ3n) is 5.40. The first-order chi connectivity index (χ1) is 13.9. The van der Waals surface area contributed by atoms with Gasteiger partial charge in [0.05, 0.1) is 25.3 Å². The van der Waals surface area contributed by atoms with Gasteiger partial charge in [0.15, 0.2) is 5.76 Å². The van der Waals surface area contributed by atoms with Crippen molar-refractivity contribution in [3.8, 4) is 23.0 Å². The fourth-order valence-corrected chi connectivity index (χ4v) is 3.67. The fraction of sp³-hybridized carbons (Fsp3) is 0.348. The summed E-state index contributed by atoms with van der Waals surface area (Å²) in [5.41, 5.74) is 3.09. The summed E-state index contributed by atoms with van der Waals surface area (Å²) in [7, 11) is 3.19. The number of methoxy groups -OCH3 is 2. The lowest BCUT2D eigenvalue weighted by Crippen LogP contribution is -2.37. The van der Waals surface area contributed by atoms with Gasteiger partial charge in [-0.1, -0.05) is 0 Å². The number of hydrogen-bond acceptors (Lipinski definition) is 6. The summed E-state index contributed by atoms with van der Waals surface area (Å²) in [6.07, 6.45) is 1.71. The molecule has 0 bridgehead atoms. The van der Waals surface area contributed by atoms with Gasteiger partial charge in [0.1, 0.15) is 29.7 Å². The molecule has 0 saturated heterocycles. The molecule has 6 nitrogen and oxygen atoms in total. The molecule has 0 radical (unpaired) electrons. The Balaban J connectivity index is 1.77. The highest BCUT2D eigenvalue weighted by Gasteiger charge is 2.36. The van der Waals surface area contributed by atoms with E-state index in [1.807, 2.05) is 25.1 Å². The number of hydrogen-bond donors (Lipinski definition) is 0. The van der Waals surface area contributed by atoms with E-state index in [0.717, 1.165) is 22.4 Å². The van der Waals surface area contributed by atoms with Gasteiger partial charge in [0.25, 0.3) is 0 Å². The number of rotatable bonds is 4. The van der Waals surface area contributed by atoms with Crippen molar-refractivity contribution < 1.29 is 23.7 Å². The summed E-state index contributed by atoms with van der Waals surface area (Å²) in [5.74, 6) is 2.83. The molecule has 2 aliphatic heterocycles. The van der Waals surface area contributed by atoms with Gasteiger partial charge in [-0.2, -0.15) is 0 Å². The van der Waals surface area contributed by atoms with E-state index in [2.05, 4.69) is 18.7 Å². The van der Waals surface area contributed by atoms with Gasteiger partial charge in [-0.3, -0.25) is 9.69 Å². The van der Waals surface area contributed by atoms with Crippen LogP contribution in [0.2, 0.25) is 0 Å². The van der Waals surface area contributed by atoms with Crippen LogP contribution in [0.4, 0.5) is 0 Å². The maximum atomic E-state index is 13.2. The molecule has 4 rings (SSSR count). The zero-order valence-corrected chi connectivity index (χ0v) is 17.4. The Hall–Kier alpha value is -2.99. The lowest BCUT2D eigenvalue weighted by molar-refractivity contribution is 0.0673. The van der Waals surface area contributed by atoms with Crippen LogP contribution in [-0.4, -0.2) is 37.7 Å². The average molecular weight is 395 g/mol. The van der Waals surface area contributed by atoms with Gasteiger partial charge < -0.3 is 18.9 Å². The Morgan fingerprint density at radius 2 is 1.97 bits per heavy atom. The first kappa shape index (κ1) is 19.3. The Morgan fingerprint density at radius 3 is 2.66 bits per heavy atom. The van der Waals surface area contributed by atoms with Crippen LogP contribution in [0.15, 0.2) is 30.0 Å². The largest absolute Gasteiger partial charge is 0.497 e. The van der Waals surface area contributed by atoms with Crippen molar-refractivity contribution in [1.29, 1.82) is 0 Å². The number of fused-ring (bicyclic) bond motifs is 3. The summed E-state index contributed by atoms with van der Waals surface area (Å²) in [5, 5.41) is 0. The molecule has 0 fully saturated rings. The van der Waals surface area contributed by atoms with Crippen LogP contribution in [0.25, 0.3) is 6.08 Å². The molecule has 6 heteroatoms. The molecule has 0 aromatic heterocycles. The first-order valence-electron chi connectivity index (χ1n) is 9.62. The van der Waals surface area contributed by atoms with E-state index < -0.39 is 0 Å². The Labute approximate surface area is 170 Å². The van der Waals surface area contributed by atoms with Crippen molar-refractivity contribution in [3.63, 3.8) is 0 Å². The number of ketones is 1. The van der Waals surface area contributed by atoms with Gasteiger partial charge in [-0.05, 0) is 56.7 Å². The number of carbonyl (C=O) groups is 1. The second-order valence-electron chi connectivity index (χ2n) is 7.54. The second-order valence-corrected chi connectivity index (χ2v) is 7.54. The van der Waals surface area contributed by atoms with Crippen LogP contribution in [0.1, 0.15) is 40.9 Å². The number of carbonyl (C=O) groups excluding carboxylic acids is 1. The number of benzene rings is 2. The van der Waals surface area contributed by atoms with Crippen LogP contribution in [-0.2, 0) is 6.54 Å². The van der Waals surface area contributed by atoms with Crippen LogP contribution >= 0.6 is 0 Å². The van der Waals surface area contributed by atoms with Crippen LogP contribution in [0.3, 0.4) is 0 Å². The molecule has 2 aromatic rings. The predicted molar refractivity (Wildman–Crippen MR) is 110 cm³/mol. The van der Waals surface area contributed by atoms with Crippen molar-refractivity contribution in [2.24, 2.45) is 0 Å². The molecule has 0 atom stereocenters. The molecule has 0 amide bonds. The Kier molecular flexibility index (Phi) is 4.96. The van der Waals surface area contributed by atoms with Crippen molar-refractivity contribution in [2.45, 2.75) is 33.4 Å². The summed E-state index contributed by atoms with van der Waals surface area (Å²) in [6.45, 7) is 7.36. The lowest BCUT2D eigenvalue weighted by Gasteiger charge is -2.32. The molecule has 0 spiro atoms. The molecule has 2 aliphatic rings. The van der Waals surface area contributed by atoms with E-state index >= 15 is 0 Å². The normalized spacial score (nSPS) is 17.0. The second kappa shape index (κ2) is 7.44. The maximum absolute atomic E-state index is 13.2. The fourth-order valence-electron chi connectivity index (χ4n) is 3.67. The standard InChI is InChI=1S/C23H25NO5/c1-13(2)24-11-17-19(28-12-24)8-14(3)21-22(25)20(29-23(17)21)10-15-9-16(26-4)6-7-18(15)27-5/h6-10,13H,11-12H2,1-5H3/b20-10-. The third kappa shape index (κ3) is 3.34. The molecule has 29 heavy (non-hydrogen) atoms. The number of allylic oxidation sites excluding steroid dienone is 1. The number of ether oxygens (including phenoxy) is 4. The van der Waals surface area contributed by atoms with E-state index in [1.54, 1.807) is 26.4 Å². The van der Waals surface area contributed by atoms with E-state index in [4.69, 9.17) is 18.9 Å². The average Bonchev–Trinajstić information content (AvgIpc) is 3.04. The molecule has 0 aliphatic carbocycles. The Bertz CT molecular complexity index is 1010. The van der Waals surface area contributed by atoms with Crippen molar-refractivity contribution in [2.75, 3.05) is 21.0 Å². The van der Waals surface area contributed by atoms with E-state index in [1.165, 1.54) is 0 Å². The highest BCUT2D eigenvalue weighted by molar-refractivity contribution is 6.16. The minimum atomic E-state index is -0.133. The molecule has 0 N–H and O–H groups in total. The molecule has 0 unspecified atom stereocenters. The minimum Gasteiger partial charge on any atom is -0.497 e. The zero-order valence-electron chi connectivity index (χ0n) is 17.4. The van der Waals surface area contributed by atoms with Crippen LogP contribution in [0.5, 0.6) is 23.0 Å². The van der Waals surface area contributed by atoms with Crippen LogP contribution in [0, 0.1) is 6.92 Å². The highest BCUT2D eigenvalue weighted by atomic mass is 16.5. The van der Waals surface area contributed by atoms with Gasteiger partial charge in [-0.25, -0.2) is 0 Å². The minimum absolute atomic E-state index is 0.133. The summed E-state index contributed by atoms with van der Waals surface area (Å²) in [6, 6.07) is 7.69. The monoisotopic (exact) mass is 395 g/mol. The molecular weight excluding hydrogens is 370 g/mol. The topological polar surface area (TPSA) is 57.2 Å². The van der Waals surface area contributed by atoms with Crippen molar-refractivity contribution >= 4 is 11.9 Å². The first-order valence-corrected chi connectivity index (χ1v) is 9.62. The van der Waals surface area contributed by atoms with E-state index in [-0.39, 0.29) is 11.5 Å². The lowest BCUT2D eigenvalue weighted by atomic mass is 9.98. The number of nitrogens with zero attached hydrogens (tertiary/aromatic N) is 1. The number of aryl methyl sites for hydroxylation is 1. The molecule has 0 saturated carbocycles. The summed E-state index contributed by atoms with van der Waals surface area (Å²) < 4.78 is 22.8. The van der Waals surface area contributed by atoms with Gasteiger partial charge in [-0.15, -0.1) is 0 Å². The maximum Gasteiger partial charge on any atom is 0.232 e. The van der Waals surface area contributed by atoms with E-state index in [0.29, 0.717) is 42.1 Å². The van der Waals surface area contributed by atoms with Crippen molar-refractivity contribution in [3.05, 3.63) is 52.3 Å². The Morgan fingerprint density at radius 1 is 1.17 bits per heavy atom. The molecule has 2 aromatic carbocycles. The molecule has 2 heterocycles. The summed E-state index contributed by atoms with van der Waals surface area (Å²) in [4.78, 5) is 15.4. The predicted octanol–water partition coefficient (Wildman–Crippen LogP) is 4.19. The van der Waals surface area contributed by atoms with Gasteiger partial charge in [0, 0.05) is 18.2 Å². The molecule has 152 valence electrons. The third-order valence-corrected chi connectivity index (χ3v) is 5.40. The van der Waals surface area contributed by atoms with Crippen LogP contribution < -0.4 is 18.9 Å². The van der Waals surface area contributed by atoms with Crippen molar-refractivity contribution in [1.82, 2.24) is 4.90 Å². The van der Waals surface area contributed by atoms with E-state index in [9.17, 15) is 4.79 Å². The smallest absolute Gasteiger partial charge is 0.232 e. The quantitative estimate of drug-likeness (QED) is 0.724. The highest BCUT2D eigenvalue weighted by Crippen LogP contribution is 2.44. The van der Waals surface area contributed by atoms with Gasteiger partial charge in [0.2, 0.25) is 5.78 Å². The summed E-state index contributed by atoms with van der Waals surface area (Å²) >= 11 is 0. The SMILES string of the molecule is COc1ccc(OC)c(/C=C2\Oc3c4c(cc(C)c3C2=O)OCN(C(C)C)C4)c1. The number of Topliss-reactive ketones (excluding diaryl/α,β-unsaturated/α-hetero) is 1. The molecular formula is C23H25NO5. The van der Waals surface area contributed by atoms with Gasteiger partial charge >= 0.3 is 0 Å². The zero-order chi connectivity index (χ0) is 20.7.